The van der Waals surface area contributed by atoms with Crippen LogP contribution in [0.4, 0.5) is 10.5 Å². The van der Waals surface area contributed by atoms with Gasteiger partial charge in [-0.15, -0.1) is 0 Å². The lowest BCUT2D eigenvalue weighted by molar-refractivity contribution is -0.118. The molecule has 3 amide bonds. The molecule has 1 aliphatic carbocycles. The molecular formula is C27H24ClN3O8. The number of amides is 3. The van der Waals surface area contributed by atoms with Crippen molar-refractivity contribution < 1.29 is 38.5 Å². The number of benzene rings is 2. The third-order valence-corrected chi connectivity index (χ3v) is 7.41. The van der Waals surface area contributed by atoms with Crippen molar-refractivity contribution in [2.75, 3.05) is 27.3 Å². The smallest absolute Gasteiger partial charge is 0.324 e. The van der Waals surface area contributed by atoms with Crippen molar-refractivity contribution >= 4 is 47.0 Å². The first-order chi connectivity index (χ1) is 18.6. The molecule has 2 heterocycles. The largest absolute Gasteiger partial charge is 0.507 e. The number of aliphatic imine (C=N–C) groups is 1. The summed E-state index contributed by atoms with van der Waals surface area (Å²) in [6, 6.07) is 7.13. The van der Waals surface area contributed by atoms with E-state index in [2.05, 4.69) is 10.3 Å². The molecule has 3 aliphatic rings. The Bertz CT molecular complexity index is 1500. The van der Waals surface area contributed by atoms with E-state index in [1.165, 1.54) is 26.4 Å². The van der Waals surface area contributed by atoms with E-state index in [1.807, 2.05) is 0 Å². The molecule has 2 atom stereocenters. The predicted octanol–water partition coefficient (Wildman–Crippen LogP) is 3.66. The molecule has 2 N–H and O–H groups in total. The number of methoxy groups -OCH3 is 2. The summed E-state index contributed by atoms with van der Waals surface area (Å²) < 4.78 is 16.7. The average Bonchev–Trinajstić information content (AvgIpc) is 3.49. The number of fused-ring (bicyclic) bond motifs is 1. The van der Waals surface area contributed by atoms with Crippen LogP contribution in [0.2, 0.25) is 5.02 Å². The molecule has 12 heteroatoms. The van der Waals surface area contributed by atoms with Crippen LogP contribution < -0.4 is 19.5 Å². The maximum Gasteiger partial charge on any atom is 0.324 e. The number of halogens is 1. The summed E-state index contributed by atoms with van der Waals surface area (Å²) in [4.78, 5) is 56.7. The second-order valence-corrected chi connectivity index (χ2v) is 9.63. The van der Waals surface area contributed by atoms with E-state index in [1.54, 1.807) is 25.1 Å². The highest BCUT2D eigenvalue weighted by Gasteiger charge is 2.60. The van der Waals surface area contributed by atoms with Gasteiger partial charge >= 0.3 is 6.03 Å². The van der Waals surface area contributed by atoms with Gasteiger partial charge in [-0.25, -0.2) is 4.79 Å². The topological polar surface area (TPSA) is 144 Å². The van der Waals surface area contributed by atoms with Crippen LogP contribution in [0.25, 0.3) is 0 Å². The zero-order valence-electron chi connectivity index (χ0n) is 21.2. The predicted molar refractivity (Wildman–Crippen MR) is 140 cm³/mol. The molecule has 11 nitrogen and oxygen atoms in total. The molecule has 1 fully saturated rings. The van der Waals surface area contributed by atoms with Crippen LogP contribution in [0.3, 0.4) is 0 Å². The van der Waals surface area contributed by atoms with Gasteiger partial charge in [0.25, 0.3) is 5.91 Å². The van der Waals surface area contributed by atoms with Crippen LogP contribution in [-0.2, 0) is 4.79 Å². The van der Waals surface area contributed by atoms with Gasteiger partial charge in [-0.1, -0.05) is 24.6 Å². The third kappa shape index (κ3) is 4.00. The molecule has 202 valence electrons. The van der Waals surface area contributed by atoms with Crippen LogP contribution in [0, 0.1) is 5.92 Å². The molecule has 2 aliphatic heterocycles. The molecular weight excluding hydrogens is 530 g/mol. The number of carbonyl (C=O) groups excluding carboxylic acids is 4. The summed E-state index contributed by atoms with van der Waals surface area (Å²) in [7, 11) is 2.77. The van der Waals surface area contributed by atoms with Gasteiger partial charge in [0.1, 0.15) is 22.1 Å². The van der Waals surface area contributed by atoms with Gasteiger partial charge in [-0.05, 0) is 18.2 Å². The van der Waals surface area contributed by atoms with E-state index in [4.69, 9.17) is 25.8 Å². The molecule has 5 rings (SSSR count). The Kier molecular flexibility index (Phi) is 6.55. The molecule has 2 unspecified atom stereocenters. The van der Waals surface area contributed by atoms with E-state index in [0.29, 0.717) is 6.54 Å². The first-order valence-corrected chi connectivity index (χ1v) is 12.4. The molecule has 0 saturated carbocycles. The number of hydrogen-bond acceptors (Lipinski definition) is 9. The highest BCUT2D eigenvalue weighted by atomic mass is 35.5. The second kappa shape index (κ2) is 9.73. The highest BCUT2D eigenvalue weighted by Crippen LogP contribution is 2.54. The number of nitrogens with one attached hydrogen (secondary N) is 1. The number of rotatable bonds is 5. The van der Waals surface area contributed by atoms with Crippen LogP contribution in [0.5, 0.6) is 17.2 Å². The number of hydrogen-bond donors (Lipinski definition) is 2. The zero-order valence-corrected chi connectivity index (χ0v) is 22.0. The molecule has 2 aromatic rings. The standard InChI is InChI=1S/C27H24ClN3O8/c1-13-9-17(32)16(12-30-15-6-4-5-14(10-15)25(35)31-8-7-29-26(31)36)23(33)27(13)24(34)20-18(37-2)11-19(38-3)21(28)22(20)39-27/h4-6,10-13,33H,7-9H2,1-3H3,(H,29,36). The van der Waals surface area contributed by atoms with Crippen molar-refractivity contribution in [3.63, 3.8) is 0 Å². The molecule has 1 spiro atoms. The average molecular weight is 554 g/mol. The molecule has 2 aromatic carbocycles. The van der Waals surface area contributed by atoms with E-state index in [9.17, 15) is 24.3 Å². The summed E-state index contributed by atoms with van der Waals surface area (Å²) >= 11 is 6.44. The first-order valence-electron chi connectivity index (χ1n) is 12.0. The SMILES string of the molecule is COc1cc(OC)c2c(c1Cl)OC1(C2=O)C(O)=C(C=Nc2cccc(C(=O)N3CCNC3=O)c2)C(=O)CC1C. The van der Waals surface area contributed by atoms with Gasteiger partial charge in [0.2, 0.25) is 11.4 Å². The number of ketones is 2. The lowest BCUT2D eigenvalue weighted by Crippen LogP contribution is -2.52. The Morgan fingerprint density at radius 1 is 1.23 bits per heavy atom. The Labute approximate surface area is 228 Å². The third-order valence-electron chi connectivity index (χ3n) is 7.05. The van der Waals surface area contributed by atoms with Crippen LogP contribution in [0.1, 0.15) is 34.1 Å². The number of urea groups is 1. The minimum Gasteiger partial charge on any atom is -0.507 e. The van der Waals surface area contributed by atoms with Gasteiger partial charge in [0.15, 0.2) is 17.3 Å². The van der Waals surface area contributed by atoms with Gasteiger partial charge in [0, 0.05) is 43.3 Å². The minimum atomic E-state index is -1.93. The van der Waals surface area contributed by atoms with Gasteiger partial charge in [-0.2, -0.15) is 0 Å². The van der Waals surface area contributed by atoms with E-state index < -0.39 is 40.8 Å². The molecule has 0 bridgehead atoms. The fraction of sp³-hybridized carbons (Fsp3) is 0.296. The first kappa shape index (κ1) is 26.2. The van der Waals surface area contributed by atoms with Crippen molar-refractivity contribution in [1.29, 1.82) is 0 Å². The number of Topliss-reactive ketones (excluding diaryl/α,β-unsaturated/α-hetero) is 2. The number of aliphatic hydroxyl groups is 1. The molecule has 39 heavy (non-hydrogen) atoms. The van der Waals surface area contributed by atoms with Crippen molar-refractivity contribution in [1.82, 2.24) is 10.2 Å². The van der Waals surface area contributed by atoms with Crippen LogP contribution in [0.15, 0.2) is 46.7 Å². The Hall–Kier alpha value is -4.38. The summed E-state index contributed by atoms with van der Waals surface area (Å²) in [5, 5.41) is 14.0. The lowest BCUT2D eigenvalue weighted by atomic mass is 9.73. The molecule has 0 radical (unpaired) electrons. The maximum atomic E-state index is 13.8. The fourth-order valence-electron chi connectivity index (χ4n) is 4.99. The summed E-state index contributed by atoms with van der Waals surface area (Å²) in [6.07, 6.45) is 1.02. The van der Waals surface area contributed by atoms with Gasteiger partial charge < -0.3 is 24.6 Å². The summed E-state index contributed by atoms with van der Waals surface area (Å²) in [5.41, 5.74) is -1.60. The normalized spacial score (nSPS) is 22.4. The number of allylic oxidation sites excluding steroid dienone is 1. The van der Waals surface area contributed by atoms with E-state index in [0.717, 1.165) is 11.1 Å². The Morgan fingerprint density at radius 2 is 1.97 bits per heavy atom. The lowest BCUT2D eigenvalue weighted by Gasteiger charge is -2.36. The van der Waals surface area contributed by atoms with Crippen molar-refractivity contribution in [2.45, 2.75) is 18.9 Å². The van der Waals surface area contributed by atoms with Gasteiger partial charge in [-0.3, -0.25) is 24.3 Å². The quantitative estimate of drug-likeness (QED) is 0.534. The van der Waals surface area contributed by atoms with Crippen molar-refractivity contribution in [3.05, 3.63) is 57.8 Å². The van der Waals surface area contributed by atoms with Crippen molar-refractivity contribution in [2.24, 2.45) is 10.9 Å². The van der Waals surface area contributed by atoms with Crippen molar-refractivity contribution in [3.8, 4) is 17.2 Å². The fourth-order valence-corrected chi connectivity index (χ4v) is 5.26. The zero-order chi connectivity index (χ0) is 28.1. The monoisotopic (exact) mass is 553 g/mol. The Morgan fingerprint density at radius 3 is 2.64 bits per heavy atom. The number of ether oxygens (including phenoxy) is 3. The number of nitrogens with zero attached hydrogens (tertiary/aromatic N) is 2. The number of aliphatic hydroxyl groups excluding tert-OH is 1. The van der Waals surface area contributed by atoms with Gasteiger partial charge in [0.05, 0.1) is 25.5 Å². The van der Waals surface area contributed by atoms with Crippen LogP contribution in [-0.4, -0.2) is 72.6 Å². The second-order valence-electron chi connectivity index (χ2n) is 9.25. The summed E-state index contributed by atoms with van der Waals surface area (Å²) in [5.74, 6) is -2.56. The highest BCUT2D eigenvalue weighted by molar-refractivity contribution is 6.35. The van der Waals surface area contributed by atoms with E-state index in [-0.39, 0.29) is 57.6 Å². The Balaban J connectivity index is 1.53. The van der Waals surface area contributed by atoms with E-state index >= 15 is 0 Å². The number of imide groups is 1. The summed E-state index contributed by atoms with van der Waals surface area (Å²) in [6.45, 7) is 2.23. The maximum absolute atomic E-state index is 13.8. The molecule has 0 aromatic heterocycles. The minimum absolute atomic E-state index is 0.0148. The number of carbonyl (C=O) groups is 4. The van der Waals surface area contributed by atoms with Crippen LogP contribution >= 0.6 is 11.6 Å². The molecule has 1 saturated heterocycles.